The third-order valence-electron chi connectivity index (χ3n) is 5.53. The number of rotatable bonds is 8. The molecule has 32 heavy (non-hydrogen) atoms. The number of piperidine rings is 1. The number of hydrogen-bond donors (Lipinski definition) is 2. The van der Waals surface area contributed by atoms with Crippen molar-refractivity contribution in [2.24, 2.45) is 4.99 Å². The van der Waals surface area contributed by atoms with Crippen LogP contribution in [-0.4, -0.2) is 64.9 Å². The van der Waals surface area contributed by atoms with Gasteiger partial charge >= 0.3 is 0 Å². The molecule has 1 aliphatic rings. The summed E-state index contributed by atoms with van der Waals surface area (Å²) in [5.74, 6) is 3.41. The average molecular weight is 441 g/mol. The summed E-state index contributed by atoms with van der Waals surface area (Å²) in [5.41, 5.74) is 2.09. The first-order valence-electron chi connectivity index (χ1n) is 11.2. The zero-order valence-corrected chi connectivity index (χ0v) is 19.9. The van der Waals surface area contributed by atoms with Crippen LogP contribution in [0.1, 0.15) is 25.5 Å². The molecule has 2 aromatic rings. The van der Waals surface area contributed by atoms with E-state index in [0.717, 1.165) is 67.1 Å². The van der Waals surface area contributed by atoms with Crippen LogP contribution >= 0.6 is 0 Å². The Labute approximate surface area is 191 Å². The molecule has 0 atom stereocenters. The summed E-state index contributed by atoms with van der Waals surface area (Å²) in [5, 5.41) is 6.97. The number of aromatic nitrogens is 1. The third-order valence-corrected chi connectivity index (χ3v) is 5.53. The van der Waals surface area contributed by atoms with Crippen molar-refractivity contribution in [3.63, 3.8) is 0 Å². The highest BCUT2D eigenvalue weighted by atomic mass is 16.5. The highest BCUT2D eigenvalue weighted by Crippen LogP contribution is 2.30. The lowest BCUT2D eigenvalue weighted by molar-refractivity contribution is 0.393. The molecule has 0 unspecified atom stereocenters. The maximum atomic E-state index is 5.42. The molecule has 1 saturated heterocycles. The molecule has 3 rings (SSSR count). The summed E-state index contributed by atoms with van der Waals surface area (Å²) in [6.07, 6.45) is 2.05. The highest BCUT2D eigenvalue weighted by molar-refractivity contribution is 5.80. The van der Waals surface area contributed by atoms with Crippen molar-refractivity contribution < 1.29 is 9.47 Å². The second kappa shape index (κ2) is 11.5. The summed E-state index contributed by atoms with van der Waals surface area (Å²) in [6.45, 7) is 5.36. The van der Waals surface area contributed by atoms with Crippen molar-refractivity contribution in [3.05, 3.63) is 42.1 Å². The van der Waals surface area contributed by atoms with Gasteiger partial charge in [0.2, 0.25) is 0 Å². The van der Waals surface area contributed by atoms with Gasteiger partial charge < -0.3 is 29.9 Å². The number of aliphatic imine (C=N–C) groups is 1. The summed E-state index contributed by atoms with van der Waals surface area (Å²) >= 11 is 0. The molecule has 0 saturated carbocycles. The lowest BCUT2D eigenvalue weighted by Crippen LogP contribution is -2.48. The predicted octanol–water partition coefficient (Wildman–Crippen LogP) is 2.89. The molecule has 2 N–H and O–H groups in total. The molecule has 1 aromatic carbocycles. The van der Waals surface area contributed by atoms with Crippen LogP contribution in [0, 0.1) is 0 Å². The molecular formula is C24H36N6O2. The molecule has 0 amide bonds. The van der Waals surface area contributed by atoms with E-state index in [1.54, 1.807) is 14.2 Å². The van der Waals surface area contributed by atoms with Gasteiger partial charge in [-0.05, 0) is 31.9 Å². The van der Waals surface area contributed by atoms with Crippen molar-refractivity contribution >= 4 is 17.5 Å². The van der Waals surface area contributed by atoms with Gasteiger partial charge in [-0.1, -0.05) is 6.07 Å². The van der Waals surface area contributed by atoms with Gasteiger partial charge in [-0.25, -0.2) is 9.98 Å². The Morgan fingerprint density at radius 2 is 1.81 bits per heavy atom. The third kappa shape index (κ3) is 6.42. The Morgan fingerprint density at radius 3 is 2.41 bits per heavy atom. The number of anilines is 2. The Bertz CT molecular complexity index is 872. The van der Waals surface area contributed by atoms with Crippen molar-refractivity contribution in [2.45, 2.75) is 32.4 Å². The predicted molar refractivity (Wildman–Crippen MR) is 131 cm³/mol. The zero-order valence-electron chi connectivity index (χ0n) is 19.9. The molecule has 0 radical (unpaired) electrons. The van der Waals surface area contributed by atoms with Crippen LogP contribution in [0.4, 0.5) is 11.5 Å². The van der Waals surface area contributed by atoms with Crippen LogP contribution in [0.5, 0.6) is 11.5 Å². The molecule has 174 valence electrons. The van der Waals surface area contributed by atoms with E-state index < -0.39 is 0 Å². The molecule has 0 aliphatic carbocycles. The molecule has 8 nitrogen and oxygen atoms in total. The van der Waals surface area contributed by atoms with Crippen LogP contribution in [0.15, 0.2) is 41.4 Å². The lowest BCUT2D eigenvalue weighted by Gasteiger charge is -2.34. The Kier molecular flexibility index (Phi) is 8.41. The first-order valence-corrected chi connectivity index (χ1v) is 11.2. The van der Waals surface area contributed by atoms with Crippen molar-refractivity contribution in [1.82, 2.24) is 15.6 Å². The van der Waals surface area contributed by atoms with E-state index in [2.05, 4.69) is 39.6 Å². The van der Waals surface area contributed by atoms with Crippen LogP contribution < -0.4 is 29.9 Å². The number of nitrogens with one attached hydrogen (secondary N) is 2. The van der Waals surface area contributed by atoms with Gasteiger partial charge in [-0.3, -0.25) is 0 Å². The Morgan fingerprint density at radius 1 is 1.12 bits per heavy atom. The topological polar surface area (TPSA) is 74.3 Å². The van der Waals surface area contributed by atoms with Crippen LogP contribution in [0.3, 0.4) is 0 Å². The second-order valence-corrected chi connectivity index (χ2v) is 8.05. The number of methoxy groups -OCH3 is 2. The maximum absolute atomic E-state index is 5.42. The minimum atomic E-state index is 0.373. The molecule has 1 fully saturated rings. The van der Waals surface area contributed by atoms with Gasteiger partial charge in [0.15, 0.2) is 5.96 Å². The van der Waals surface area contributed by atoms with Crippen molar-refractivity contribution in [1.29, 1.82) is 0 Å². The molecule has 1 aromatic heterocycles. The van der Waals surface area contributed by atoms with E-state index in [-0.39, 0.29) is 0 Å². The summed E-state index contributed by atoms with van der Waals surface area (Å²) in [7, 11) is 7.36. The van der Waals surface area contributed by atoms with E-state index >= 15 is 0 Å². The molecule has 0 bridgehead atoms. The summed E-state index contributed by atoms with van der Waals surface area (Å²) in [6, 6.07) is 12.4. The lowest BCUT2D eigenvalue weighted by atomic mass is 10.0. The molecular weight excluding hydrogens is 404 g/mol. The van der Waals surface area contributed by atoms with E-state index in [1.165, 1.54) is 0 Å². The number of nitrogens with zero attached hydrogens (tertiary/aromatic N) is 4. The SMILES string of the molecule is CCNC(=NCc1cccc(N(C)C)n1)NC1CCN(c2cc(OC)cc(OC)c2)CC1. The first-order chi connectivity index (χ1) is 15.5. The van der Waals surface area contributed by atoms with Gasteiger partial charge in [0.1, 0.15) is 17.3 Å². The van der Waals surface area contributed by atoms with E-state index in [9.17, 15) is 0 Å². The smallest absolute Gasteiger partial charge is 0.191 e. The Hall–Kier alpha value is -3.16. The zero-order chi connectivity index (χ0) is 22.9. The van der Waals surface area contributed by atoms with Crippen molar-refractivity contribution in [2.75, 3.05) is 57.7 Å². The Balaban J connectivity index is 1.59. The number of ether oxygens (including phenoxy) is 2. The van der Waals surface area contributed by atoms with Gasteiger partial charge in [0.25, 0.3) is 0 Å². The molecule has 8 heteroatoms. The average Bonchev–Trinajstić information content (AvgIpc) is 2.83. The largest absolute Gasteiger partial charge is 0.497 e. The fourth-order valence-electron chi connectivity index (χ4n) is 3.73. The number of pyridine rings is 1. The fraction of sp³-hybridized carbons (Fsp3) is 0.500. The first kappa shape index (κ1) is 23.5. The number of hydrogen-bond acceptors (Lipinski definition) is 6. The van der Waals surface area contributed by atoms with Crippen molar-refractivity contribution in [3.8, 4) is 11.5 Å². The summed E-state index contributed by atoms with van der Waals surface area (Å²) < 4.78 is 10.8. The van der Waals surface area contributed by atoms with E-state index in [0.29, 0.717) is 12.6 Å². The van der Waals surface area contributed by atoms with Crippen LogP contribution in [-0.2, 0) is 6.54 Å². The quantitative estimate of drug-likeness (QED) is 0.483. The van der Waals surface area contributed by atoms with Gasteiger partial charge in [0, 0.05) is 63.7 Å². The monoisotopic (exact) mass is 440 g/mol. The molecule has 2 heterocycles. The molecule has 0 spiro atoms. The molecule has 1 aliphatic heterocycles. The maximum Gasteiger partial charge on any atom is 0.191 e. The van der Waals surface area contributed by atoms with Gasteiger partial charge in [0.05, 0.1) is 26.5 Å². The van der Waals surface area contributed by atoms with E-state index in [1.807, 2.05) is 43.3 Å². The van der Waals surface area contributed by atoms with Crippen LogP contribution in [0.25, 0.3) is 0 Å². The number of guanidine groups is 1. The minimum absolute atomic E-state index is 0.373. The van der Waals surface area contributed by atoms with E-state index in [4.69, 9.17) is 14.5 Å². The second-order valence-electron chi connectivity index (χ2n) is 8.05. The van der Waals surface area contributed by atoms with Gasteiger partial charge in [-0.15, -0.1) is 0 Å². The highest BCUT2D eigenvalue weighted by Gasteiger charge is 2.21. The summed E-state index contributed by atoms with van der Waals surface area (Å²) in [4.78, 5) is 13.8. The standard InChI is InChI=1S/C24H36N6O2/c1-6-25-24(26-17-19-8-7-9-23(27-19)29(2)3)28-18-10-12-30(13-11-18)20-14-21(31-4)16-22(15-20)32-5/h7-9,14-16,18H,6,10-13,17H2,1-5H3,(H2,25,26,28). The minimum Gasteiger partial charge on any atom is -0.497 e. The van der Waals surface area contributed by atoms with Crippen LogP contribution in [0.2, 0.25) is 0 Å². The number of benzene rings is 1. The fourth-order valence-corrected chi connectivity index (χ4v) is 3.73. The normalized spacial score (nSPS) is 14.8. The van der Waals surface area contributed by atoms with Gasteiger partial charge in [-0.2, -0.15) is 0 Å².